The van der Waals surface area contributed by atoms with Gasteiger partial charge >= 0.3 is 6.03 Å². The van der Waals surface area contributed by atoms with Crippen molar-refractivity contribution in [2.24, 2.45) is 10.8 Å². The van der Waals surface area contributed by atoms with Gasteiger partial charge in [-0.05, 0) is 35.6 Å². The number of urea groups is 1. The van der Waals surface area contributed by atoms with Crippen molar-refractivity contribution in [1.82, 2.24) is 5.43 Å². The summed E-state index contributed by atoms with van der Waals surface area (Å²) in [4.78, 5) is 10.9. The molecule has 0 unspecified atom stereocenters. The smallest absolute Gasteiger partial charge is 0.332 e. The molecule has 2 aromatic carbocycles. The maximum atomic E-state index is 10.9. The third kappa shape index (κ3) is 2.52. The van der Waals surface area contributed by atoms with Gasteiger partial charge in [-0.1, -0.05) is 48.5 Å². The number of hydrogen-bond donors (Lipinski definition) is 2. The quantitative estimate of drug-likeness (QED) is 0.644. The number of hydrazone groups is 1. The Morgan fingerprint density at radius 2 is 1.62 bits per heavy atom. The van der Waals surface area contributed by atoms with E-state index in [4.69, 9.17) is 5.73 Å². The Labute approximate surface area is 123 Å². The molecule has 0 bridgehead atoms. The third-order valence-electron chi connectivity index (χ3n) is 3.87. The summed E-state index contributed by atoms with van der Waals surface area (Å²) >= 11 is 0. The lowest BCUT2D eigenvalue weighted by atomic mass is 9.76. The van der Waals surface area contributed by atoms with Gasteiger partial charge < -0.3 is 5.73 Å². The van der Waals surface area contributed by atoms with Crippen LogP contribution in [0.25, 0.3) is 0 Å². The van der Waals surface area contributed by atoms with Crippen molar-refractivity contribution in [2.75, 3.05) is 0 Å². The summed E-state index contributed by atoms with van der Waals surface area (Å²) in [7, 11) is 0. The van der Waals surface area contributed by atoms with E-state index in [0.717, 1.165) is 12.1 Å². The maximum Gasteiger partial charge on any atom is 0.332 e. The van der Waals surface area contributed by atoms with E-state index in [1.807, 2.05) is 19.1 Å². The zero-order valence-corrected chi connectivity index (χ0v) is 11.8. The van der Waals surface area contributed by atoms with Gasteiger partial charge in [0.25, 0.3) is 0 Å². The van der Waals surface area contributed by atoms with Crippen LogP contribution in [0.3, 0.4) is 0 Å². The lowest BCUT2D eigenvalue weighted by Crippen LogP contribution is -2.28. The van der Waals surface area contributed by atoms with Gasteiger partial charge in [0, 0.05) is 11.6 Å². The molecule has 2 amide bonds. The largest absolute Gasteiger partial charge is 0.350 e. The van der Waals surface area contributed by atoms with Crippen LogP contribution in [0, 0.1) is 0 Å². The minimum Gasteiger partial charge on any atom is -0.350 e. The monoisotopic (exact) mass is 279 g/mol. The van der Waals surface area contributed by atoms with Crippen molar-refractivity contribution < 1.29 is 4.79 Å². The van der Waals surface area contributed by atoms with Crippen molar-refractivity contribution in [3.8, 4) is 0 Å². The van der Waals surface area contributed by atoms with Crippen LogP contribution in [0.5, 0.6) is 0 Å². The van der Waals surface area contributed by atoms with Gasteiger partial charge in [0.15, 0.2) is 0 Å². The van der Waals surface area contributed by atoms with Crippen molar-refractivity contribution >= 4 is 11.7 Å². The number of nitrogens with zero attached hydrogens (tertiary/aromatic N) is 1. The molecule has 0 radical (unpaired) electrons. The normalized spacial score (nSPS) is 14.2. The van der Waals surface area contributed by atoms with E-state index in [2.05, 4.69) is 46.9 Å². The van der Waals surface area contributed by atoms with Crippen LogP contribution in [-0.4, -0.2) is 11.7 Å². The lowest BCUT2D eigenvalue weighted by molar-refractivity contribution is 0.249. The van der Waals surface area contributed by atoms with Crippen LogP contribution in [-0.2, 0) is 6.42 Å². The second-order valence-corrected chi connectivity index (χ2v) is 5.24. The van der Waals surface area contributed by atoms with Gasteiger partial charge in [-0.25, -0.2) is 10.2 Å². The Bertz CT molecular complexity index is 676. The minimum atomic E-state index is -0.647. The summed E-state index contributed by atoms with van der Waals surface area (Å²) in [6, 6.07) is 16.1. The number of benzene rings is 2. The molecule has 2 aromatic rings. The third-order valence-corrected chi connectivity index (χ3v) is 3.87. The predicted octanol–water partition coefficient (Wildman–Crippen LogP) is 2.77. The highest BCUT2D eigenvalue weighted by atomic mass is 16.2. The fourth-order valence-electron chi connectivity index (χ4n) is 2.98. The van der Waals surface area contributed by atoms with Crippen molar-refractivity contribution in [1.29, 1.82) is 0 Å². The zero-order chi connectivity index (χ0) is 14.8. The Hall–Kier alpha value is -2.62. The Balaban J connectivity index is 2.10. The van der Waals surface area contributed by atoms with Gasteiger partial charge in [0.1, 0.15) is 0 Å². The van der Waals surface area contributed by atoms with E-state index >= 15 is 0 Å². The summed E-state index contributed by atoms with van der Waals surface area (Å²) in [5.41, 5.74) is 13.3. The van der Waals surface area contributed by atoms with E-state index in [-0.39, 0.29) is 5.92 Å². The molecule has 1 aliphatic carbocycles. The van der Waals surface area contributed by atoms with Gasteiger partial charge in [0.05, 0.1) is 0 Å². The molecule has 21 heavy (non-hydrogen) atoms. The molecular weight excluding hydrogens is 262 g/mol. The fraction of sp³-hybridized carbons (Fsp3) is 0.176. The van der Waals surface area contributed by atoms with E-state index in [0.29, 0.717) is 0 Å². The number of primary amides is 1. The van der Waals surface area contributed by atoms with Gasteiger partial charge in [-0.3, -0.25) is 0 Å². The number of hydrogen-bond acceptors (Lipinski definition) is 2. The van der Waals surface area contributed by atoms with E-state index in [9.17, 15) is 4.79 Å². The molecule has 0 saturated carbocycles. The van der Waals surface area contributed by atoms with Crippen LogP contribution < -0.4 is 11.2 Å². The SMILES string of the molecule is C/C(=N\NC(N)=O)C1c2ccccc2Cc2ccccc21. The summed E-state index contributed by atoms with van der Waals surface area (Å²) in [6.45, 7) is 1.92. The van der Waals surface area contributed by atoms with Crippen molar-refractivity contribution in [3.05, 3.63) is 70.8 Å². The number of nitrogens with one attached hydrogen (secondary N) is 1. The second kappa shape index (κ2) is 5.40. The number of amides is 2. The van der Waals surface area contributed by atoms with Gasteiger partial charge in [0.2, 0.25) is 0 Å². The van der Waals surface area contributed by atoms with Crippen molar-refractivity contribution in [2.45, 2.75) is 19.3 Å². The molecule has 0 aliphatic heterocycles. The van der Waals surface area contributed by atoms with Crippen LogP contribution in [0.15, 0.2) is 53.6 Å². The maximum absolute atomic E-state index is 10.9. The molecule has 3 N–H and O–H groups in total. The Morgan fingerprint density at radius 3 is 2.14 bits per heavy atom. The molecular formula is C17H17N3O. The summed E-state index contributed by atoms with van der Waals surface area (Å²) in [5.74, 6) is 0.0537. The summed E-state index contributed by atoms with van der Waals surface area (Å²) in [5, 5.41) is 4.14. The molecule has 0 atom stereocenters. The second-order valence-electron chi connectivity index (χ2n) is 5.24. The van der Waals surface area contributed by atoms with Gasteiger partial charge in [-0.2, -0.15) is 5.10 Å². The molecule has 106 valence electrons. The average Bonchev–Trinajstić information content (AvgIpc) is 2.50. The number of fused-ring (bicyclic) bond motifs is 2. The fourth-order valence-corrected chi connectivity index (χ4v) is 2.98. The predicted molar refractivity (Wildman–Crippen MR) is 83.4 cm³/mol. The first-order valence-corrected chi connectivity index (χ1v) is 6.92. The molecule has 0 spiro atoms. The van der Waals surface area contributed by atoms with E-state index < -0.39 is 6.03 Å². The molecule has 0 heterocycles. The van der Waals surface area contributed by atoms with Crippen molar-refractivity contribution in [3.63, 3.8) is 0 Å². The van der Waals surface area contributed by atoms with Crippen LogP contribution in [0.1, 0.15) is 35.1 Å². The Morgan fingerprint density at radius 1 is 1.10 bits per heavy atom. The molecule has 4 heteroatoms. The highest BCUT2D eigenvalue weighted by Gasteiger charge is 2.27. The average molecular weight is 279 g/mol. The summed E-state index contributed by atoms with van der Waals surface area (Å²) in [6.07, 6.45) is 0.930. The summed E-state index contributed by atoms with van der Waals surface area (Å²) < 4.78 is 0. The zero-order valence-electron chi connectivity index (χ0n) is 11.8. The number of carbonyl (C=O) groups is 1. The van der Waals surface area contributed by atoms with Crippen LogP contribution in [0.2, 0.25) is 0 Å². The molecule has 0 aromatic heterocycles. The van der Waals surface area contributed by atoms with E-state index in [1.165, 1.54) is 22.3 Å². The Kier molecular flexibility index (Phi) is 3.44. The van der Waals surface area contributed by atoms with Gasteiger partial charge in [-0.15, -0.1) is 0 Å². The van der Waals surface area contributed by atoms with Crippen LogP contribution in [0.4, 0.5) is 4.79 Å². The minimum absolute atomic E-state index is 0.0537. The molecule has 1 aliphatic rings. The number of rotatable bonds is 2. The highest BCUT2D eigenvalue weighted by molar-refractivity contribution is 5.93. The highest BCUT2D eigenvalue weighted by Crippen LogP contribution is 2.37. The molecule has 3 rings (SSSR count). The molecule has 0 fully saturated rings. The topological polar surface area (TPSA) is 67.5 Å². The van der Waals surface area contributed by atoms with E-state index in [1.54, 1.807) is 0 Å². The number of nitrogens with two attached hydrogens (primary N) is 1. The standard InChI is InChI=1S/C17H17N3O/c1-11(19-20-17(18)21)16-14-8-4-2-6-12(14)10-13-7-3-5-9-15(13)16/h2-9,16H,10H2,1H3,(H3,18,20,21)/b19-11+. The first kappa shape index (κ1) is 13.4. The molecule has 4 nitrogen and oxygen atoms in total. The molecule has 0 saturated heterocycles. The van der Waals surface area contributed by atoms with Crippen LogP contribution >= 0.6 is 0 Å². The number of carbonyl (C=O) groups excluding carboxylic acids is 1. The lowest BCUT2D eigenvalue weighted by Gasteiger charge is -2.28. The first-order valence-electron chi connectivity index (χ1n) is 6.92. The first-order chi connectivity index (χ1) is 10.2.